The number of carbonyl (C=O) groups is 2. The Balaban J connectivity index is 2.14. The molecule has 0 bridgehead atoms. The maximum Gasteiger partial charge on any atom is 0.308 e. The van der Waals surface area contributed by atoms with Crippen LogP contribution in [0.25, 0.3) is 0 Å². The van der Waals surface area contributed by atoms with Gasteiger partial charge in [-0.25, -0.2) is 4.98 Å². The van der Waals surface area contributed by atoms with Gasteiger partial charge in [-0.2, -0.15) is 0 Å². The SMILES string of the molecule is O=C(O)[C@@H]1CCCN(C(=O)c2ncccc2Br)C1. The predicted molar refractivity (Wildman–Crippen MR) is 68.2 cm³/mol. The molecule has 0 spiro atoms. The fourth-order valence-corrected chi connectivity index (χ4v) is 2.48. The van der Waals surface area contributed by atoms with E-state index in [1.165, 1.54) is 0 Å². The molecule has 0 saturated carbocycles. The lowest BCUT2D eigenvalue weighted by atomic mass is 9.98. The summed E-state index contributed by atoms with van der Waals surface area (Å²) in [7, 11) is 0. The van der Waals surface area contributed by atoms with Crippen LogP contribution in [0.15, 0.2) is 22.8 Å². The standard InChI is InChI=1S/C12H13BrN2O3/c13-9-4-1-5-14-10(9)11(16)15-6-2-3-8(7-15)12(17)18/h1,4-5,8H,2-3,6-7H2,(H,17,18)/t8-/m1/s1. The molecule has 0 aromatic carbocycles. The van der Waals surface area contributed by atoms with Crippen LogP contribution in [-0.2, 0) is 4.79 Å². The van der Waals surface area contributed by atoms with Crippen LogP contribution in [0.1, 0.15) is 23.3 Å². The van der Waals surface area contributed by atoms with Gasteiger partial charge in [0.15, 0.2) is 0 Å². The minimum atomic E-state index is -0.840. The molecule has 0 aliphatic carbocycles. The highest BCUT2D eigenvalue weighted by Crippen LogP contribution is 2.21. The van der Waals surface area contributed by atoms with E-state index in [-0.39, 0.29) is 12.5 Å². The number of nitrogens with zero attached hydrogens (tertiary/aromatic N) is 2. The van der Waals surface area contributed by atoms with E-state index >= 15 is 0 Å². The van der Waals surface area contributed by atoms with Crippen molar-refractivity contribution in [3.8, 4) is 0 Å². The average Bonchev–Trinajstić information content (AvgIpc) is 2.38. The van der Waals surface area contributed by atoms with Crippen LogP contribution < -0.4 is 0 Å². The Kier molecular flexibility index (Phi) is 3.96. The first-order valence-electron chi connectivity index (χ1n) is 5.72. The van der Waals surface area contributed by atoms with Gasteiger partial charge in [-0.1, -0.05) is 0 Å². The molecule has 1 aliphatic rings. The van der Waals surface area contributed by atoms with Gasteiger partial charge in [0.2, 0.25) is 0 Å². The number of carboxylic acids is 1. The second-order valence-corrected chi connectivity index (χ2v) is 5.12. The molecule has 96 valence electrons. The van der Waals surface area contributed by atoms with Crippen molar-refractivity contribution in [1.29, 1.82) is 0 Å². The maximum absolute atomic E-state index is 12.2. The highest BCUT2D eigenvalue weighted by atomic mass is 79.9. The highest BCUT2D eigenvalue weighted by Gasteiger charge is 2.29. The van der Waals surface area contributed by atoms with Crippen LogP contribution in [0.5, 0.6) is 0 Å². The van der Waals surface area contributed by atoms with E-state index in [1.807, 2.05) is 0 Å². The first-order chi connectivity index (χ1) is 8.59. The molecule has 1 aliphatic heterocycles. The summed E-state index contributed by atoms with van der Waals surface area (Å²) in [6, 6.07) is 3.48. The van der Waals surface area contributed by atoms with Gasteiger partial charge in [0.05, 0.1) is 5.92 Å². The van der Waals surface area contributed by atoms with Crippen molar-refractivity contribution >= 4 is 27.8 Å². The summed E-state index contributed by atoms with van der Waals surface area (Å²) in [6.45, 7) is 0.850. The minimum Gasteiger partial charge on any atom is -0.481 e. The number of aromatic nitrogens is 1. The number of hydrogen-bond donors (Lipinski definition) is 1. The Labute approximate surface area is 113 Å². The fraction of sp³-hybridized carbons (Fsp3) is 0.417. The Morgan fingerprint density at radius 2 is 2.28 bits per heavy atom. The molecule has 18 heavy (non-hydrogen) atoms. The van der Waals surface area contributed by atoms with Crippen molar-refractivity contribution in [2.24, 2.45) is 5.92 Å². The normalized spacial score (nSPS) is 19.6. The predicted octanol–water partition coefficient (Wildman–Crippen LogP) is 1.78. The van der Waals surface area contributed by atoms with Gasteiger partial charge in [0.1, 0.15) is 5.69 Å². The zero-order valence-corrected chi connectivity index (χ0v) is 11.3. The Morgan fingerprint density at radius 1 is 1.50 bits per heavy atom. The third kappa shape index (κ3) is 2.69. The van der Waals surface area contributed by atoms with Crippen molar-refractivity contribution in [3.05, 3.63) is 28.5 Å². The van der Waals surface area contributed by atoms with Gasteiger partial charge in [0, 0.05) is 23.8 Å². The number of amides is 1. The first-order valence-corrected chi connectivity index (χ1v) is 6.51. The average molecular weight is 313 g/mol. The van der Waals surface area contributed by atoms with Gasteiger partial charge in [-0.15, -0.1) is 0 Å². The lowest BCUT2D eigenvalue weighted by Crippen LogP contribution is -2.42. The summed E-state index contributed by atoms with van der Waals surface area (Å²) in [5.74, 6) is -1.52. The van der Waals surface area contributed by atoms with Crippen LogP contribution >= 0.6 is 15.9 Å². The lowest BCUT2D eigenvalue weighted by Gasteiger charge is -2.30. The minimum absolute atomic E-state index is 0.214. The second-order valence-electron chi connectivity index (χ2n) is 4.26. The van der Waals surface area contributed by atoms with Crippen molar-refractivity contribution in [2.45, 2.75) is 12.8 Å². The van der Waals surface area contributed by atoms with Crippen molar-refractivity contribution < 1.29 is 14.7 Å². The number of hydrogen-bond acceptors (Lipinski definition) is 3. The smallest absolute Gasteiger partial charge is 0.308 e. The summed E-state index contributed by atoms with van der Waals surface area (Å²) in [4.78, 5) is 28.8. The zero-order chi connectivity index (χ0) is 13.1. The van der Waals surface area contributed by atoms with E-state index < -0.39 is 11.9 Å². The summed E-state index contributed by atoms with van der Waals surface area (Å²) < 4.78 is 0.632. The number of piperidine rings is 1. The molecule has 1 amide bonds. The maximum atomic E-state index is 12.2. The van der Waals surface area contributed by atoms with E-state index in [0.29, 0.717) is 29.6 Å². The van der Waals surface area contributed by atoms with Crippen LogP contribution in [-0.4, -0.2) is 40.0 Å². The number of halogens is 1. The number of likely N-dealkylation sites (tertiary alicyclic amines) is 1. The number of carboxylic acid groups (broad SMARTS) is 1. The van der Waals surface area contributed by atoms with E-state index in [0.717, 1.165) is 0 Å². The number of rotatable bonds is 2. The molecular formula is C12H13BrN2O3. The van der Waals surface area contributed by atoms with E-state index in [4.69, 9.17) is 5.11 Å². The molecular weight excluding hydrogens is 300 g/mol. The molecule has 1 saturated heterocycles. The summed E-state index contributed by atoms with van der Waals surface area (Å²) in [6.07, 6.45) is 2.90. The Hall–Kier alpha value is -1.43. The molecule has 1 aromatic heterocycles. The van der Waals surface area contributed by atoms with Gasteiger partial charge < -0.3 is 10.0 Å². The fourth-order valence-electron chi connectivity index (χ4n) is 2.06. The van der Waals surface area contributed by atoms with Gasteiger partial charge in [-0.3, -0.25) is 9.59 Å². The molecule has 1 N–H and O–H groups in total. The third-order valence-corrected chi connectivity index (χ3v) is 3.66. The van der Waals surface area contributed by atoms with E-state index in [1.54, 1.807) is 23.2 Å². The molecule has 1 atom stereocenters. The topological polar surface area (TPSA) is 70.5 Å². The highest BCUT2D eigenvalue weighted by molar-refractivity contribution is 9.10. The molecule has 5 nitrogen and oxygen atoms in total. The molecule has 2 heterocycles. The number of aliphatic carboxylic acids is 1. The van der Waals surface area contributed by atoms with Crippen molar-refractivity contribution in [3.63, 3.8) is 0 Å². The summed E-state index contributed by atoms with van der Waals surface area (Å²) >= 11 is 3.28. The van der Waals surface area contributed by atoms with Gasteiger partial charge >= 0.3 is 5.97 Å². The second kappa shape index (κ2) is 5.48. The van der Waals surface area contributed by atoms with Crippen LogP contribution in [0.3, 0.4) is 0 Å². The van der Waals surface area contributed by atoms with Crippen molar-refractivity contribution in [1.82, 2.24) is 9.88 Å². The molecule has 6 heteroatoms. The molecule has 1 fully saturated rings. The zero-order valence-electron chi connectivity index (χ0n) is 9.67. The van der Waals surface area contributed by atoms with Crippen molar-refractivity contribution in [2.75, 3.05) is 13.1 Å². The summed E-state index contributed by atoms with van der Waals surface area (Å²) in [5.41, 5.74) is 0.337. The Morgan fingerprint density at radius 3 is 2.94 bits per heavy atom. The Bertz CT molecular complexity index is 478. The lowest BCUT2D eigenvalue weighted by molar-refractivity contribution is -0.143. The molecule has 2 rings (SSSR count). The number of pyridine rings is 1. The molecule has 0 radical (unpaired) electrons. The van der Waals surface area contributed by atoms with Gasteiger partial charge in [-0.05, 0) is 40.9 Å². The van der Waals surface area contributed by atoms with E-state index in [2.05, 4.69) is 20.9 Å². The molecule has 1 aromatic rings. The largest absolute Gasteiger partial charge is 0.481 e. The first kappa shape index (κ1) is 13.0. The molecule has 0 unspecified atom stereocenters. The van der Waals surface area contributed by atoms with E-state index in [9.17, 15) is 9.59 Å². The van der Waals surface area contributed by atoms with Crippen LogP contribution in [0.2, 0.25) is 0 Å². The van der Waals surface area contributed by atoms with Crippen LogP contribution in [0, 0.1) is 5.92 Å². The van der Waals surface area contributed by atoms with Crippen LogP contribution in [0.4, 0.5) is 0 Å². The monoisotopic (exact) mass is 312 g/mol. The summed E-state index contributed by atoms with van der Waals surface area (Å²) in [5, 5.41) is 9.00. The third-order valence-electron chi connectivity index (χ3n) is 3.02. The quantitative estimate of drug-likeness (QED) is 0.903. The number of carbonyl (C=O) groups excluding carboxylic acids is 1. The van der Waals surface area contributed by atoms with Gasteiger partial charge in [0.25, 0.3) is 5.91 Å².